The van der Waals surface area contributed by atoms with Crippen LogP contribution in [0, 0.1) is 27.7 Å². The van der Waals surface area contributed by atoms with Gasteiger partial charge in [0.15, 0.2) is 11.2 Å². The van der Waals surface area contributed by atoms with Crippen LogP contribution in [-0.4, -0.2) is 0 Å². The minimum atomic E-state index is 0.864. The van der Waals surface area contributed by atoms with Gasteiger partial charge in [-0.3, -0.25) is 0 Å². The first-order chi connectivity index (χ1) is 31.9. The highest BCUT2D eigenvalue weighted by atomic mass is 32.1. The maximum absolute atomic E-state index is 6.81. The van der Waals surface area contributed by atoms with Gasteiger partial charge >= 0.3 is 0 Å². The fraction of sp³-hybridized carbons (Fsp3) is 0.0667. The van der Waals surface area contributed by atoms with Crippen molar-refractivity contribution >= 4 is 131 Å². The van der Waals surface area contributed by atoms with Gasteiger partial charge in [-0.2, -0.15) is 0 Å². The van der Waals surface area contributed by atoms with Gasteiger partial charge in [0.05, 0.1) is 22.7 Å². The SMILES string of the molecule is Cc1cc(C)cc(N(c2cc3c4cc(N(c5ccc(C)c(C)c5)c5cccc6c5oc5ccccc56)c5ccccc5c4sc3c3ccccc23)c2cccc3c2oc2ccccc23)c1. The van der Waals surface area contributed by atoms with Gasteiger partial charge in [-0.15, -0.1) is 11.3 Å². The Morgan fingerprint density at radius 2 is 0.769 bits per heavy atom. The molecule has 13 aromatic rings. The van der Waals surface area contributed by atoms with Crippen molar-refractivity contribution in [1.82, 2.24) is 0 Å². The summed E-state index contributed by atoms with van der Waals surface area (Å²) < 4.78 is 16.1. The molecule has 0 spiro atoms. The van der Waals surface area contributed by atoms with Gasteiger partial charge in [0.25, 0.3) is 0 Å². The number of hydrogen-bond acceptors (Lipinski definition) is 5. The zero-order valence-corrected chi connectivity index (χ0v) is 37.3. The van der Waals surface area contributed by atoms with E-state index in [1.807, 2.05) is 23.5 Å². The Morgan fingerprint density at radius 1 is 0.323 bits per heavy atom. The summed E-state index contributed by atoms with van der Waals surface area (Å²) in [7, 11) is 0. The minimum Gasteiger partial charge on any atom is -0.454 e. The first-order valence-corrected chi connectivity index (χ1v) is 23.1. The van der Waals surface area contributed by atoms with E-state index >= 15 is 0 Å². The van der Waals surface area contributed by atoms with Gasteiger partial charge in [-0.25, -0.2) is 0 Å². The lowest BCUT2D eigenvalue weighted by Gasteiger charge is -2.28. The van der Waals surface area contributed by atoms with E-state index in [2.05, 4.69) is 207 Å². The second-order valence-corrected chi connectivity index (χ2v) is 18.5. The topological polar surface area (TPSA) is 32.8 Å². The van der Waals surface area contributed by atoms with Gasteiger partial charge in [-0.1, -0.05) is 121 Å². The largest absolute Gasteiger partial charge is 0.454 e. The number of fused-ring (bicyclic) bond motifs is 13. The van der Waals surface area contributed by atoms with Crippen LogP contribution in [0.15, 0.2) is 191 Å². The van der Waals surface area contributed by atoms with Crippen LogP contribution in [-0.2, 0) is 0 Å². The Kier molecular flexibility index (Phi) is 8.31. The van der Waals surface area contributed by atoms with Crippen molar-refractivity contribution < 1.29 is 8.83 Å². The molecule has 3 heterocycles. The lowest BCUT2D eigenvalue weighted by atomic mass is 9.98. The van der Waals surface area contributed by atoms with Crippen LogP contribution in [0.1, 0.15) is 22.3 Å². The summed E-state index contributed by atoms with van der Waals surface area (Å²) in [5.41, 5.74) is 14.7. The van der Waals surface area contributed by atoms with E-state index < -0.39 is 0 Å². The number of para-hydroxylation sites is 4. The van der Waals surface area contributed by atoms with Crippen molar-refractivity contribution in [1.29, 1.82) is 0 Å². The minimum absolute atomic E-state index is 0.864. The number of anilines is 6. The van der Waals surface area contributed by atoms with Crippen LogP contribution in [0.5, 0.6) is 0 Å². The Bertz CT molecular complexity index is 4070. The molecule has 0 atom stereocenters. The lowest BCUT2D eigenvalue weighted by molar-refractivity contribution is 0.669. The maximum Gasteiger partial charge on any atom is 0.159 e. The van der Waals surface area contributed by atoms with Crippen LogP contribution in [0.4, 0.5) is 34.1 Å². The van der Waals surface area contributed by atoms with Gasteiger partial charge in [0.1, 0.15) is 11.2 Å². The number of nitrogens with zero attached hydrogens (tertiary/aromatic N) is 2. The summed E-state index contributed by atoms with van der Waals surface area (Å²) in [6.07, 6.45) is 0. The summed E-state index contributed by atoms with van der Waals surface area (Å²) in [6.45, 7) is 8.75. The molecule has 4 nitrogen and oxygen atoms in total. The van der Waals surface area contributed by atoms with Crippen molar-refractivity contribution in [2.24, 2.45) is 0 Å². The average Bonchev–Trinajstić information content (AvgIpc) is 4.03. The molecule has 310 valence electrons. The molecule has 0 aliphatic heterocycles. The molecule has 5 heteroatoms. The first kappa shape index (κ1) is 37.7. The second kappa shape index (κ2) is 14.3. The van der Waals surface area contributed by atoms with Gasteiger partial charge in [0.2, 0.25) is 0 Å². The molecule has 0 aliphatic rings. The quantitative estimate of drug-likeness (QED) is 0.167. The Balaban J connectivity index is 1.15. The molecule has 0 aliphatic carbocycles. The molecular formula is C60H42N2O2S. The van der Waals surface area contributed by atoms with E-state index in [1.165, 1.54) is 64.0 Å². The molecule has 0 unspecified atom stereocenters. The second-order valence-electron chi connectivity index (χ2n) is 17.5. The smallest absolute Gasteiger partial charge is 0.159 e. The summed E-state index contributed by atoms with van der Waals surface area (Å²) in [5, 5.41) is 11.6. The molecule has 3 aromatic heterocycles. The number of rotatable bonds is 6. The molecule has 65 heavy (non-hydrogen) atoms. The third kappa shape index (κ3) is 5.75. The highest BCUT2D eigenvalue weighted by Gasteiger charge is 2.27. The van der Waals surface area contributed by atoms with Crippen molar-refractivity contribution in [2.45, 2.75) is 27.7 Å². The highest BCUT2D eigenvalue weighted by molar-refractivity contribution is 7.27. The summed E-state index contributed by atoms with van der Waals surface area (Å²) in [6, 6.07) is 66.2. The molecule has 0 saturated carbocycles. The number of furan rings is 2. The Hall–Kier alpha value is -7.86. The van der Waals surface area contributed by atoms with E-state index in [0.717, 1.165) is 78.0 Å². The van der Waals surface area contributed by atoms with E-state index in [9.17, 15) is 0 Å². The summed E-state index contributed by atoms with van der Waals surface area (Å²) >= 11 is 1.89. The normalized spacial score (nSPS) is 12.0. The molecule has 0 saturated heterocycles. The van der Waals surface area contributed by atoms with E-state index in [4.69, 9.17) is 8.83 Å². The predicted molar refractivity (Wildman–Crippen MR) is 277 cm³/mol. The number of thiophene rings is 1. The van der Waals surface area contributed by atoms with Crippen LogP contribution < -0.4 is 9.80 Å². The highest BCUT2D eigenvalue weighted by Crippen LogP contribution is 2.52. The predicted octanol–water partition coefficient (Wildman–Crippen LogP) is 18.3. The third-order valence-electron chi connectivity index (χ3n) is 13.4. The fourth-order valence-electron chi connectivity index (χ4n) is 10.3. The molecule has 0 N–H and O–H groups in total. The zero-order chi connectivity index (χ0) is 43.5. The van der Waals surface area contributed by atoms with Crippen molar-refractivity contribution in [3.05, 3.63) is 204 Å². The molecule has 0 radical (unpaired) electrons. The number of hydrogen-bond donors (Lipinski definition) is 0. The molecule has 10 aromatic carbocycles. The molecule has 0 fully saturated rings. The van der Waals surface area contributed by atoms with E-state index in [0.29, 0.717) is 0 Å². The average molecular weight is 855 g/mol. The van der Waals surface area contributed by atoms with E-state index in [-0.39, 0.29) is 0 Å². The Morgan fingerprint density at radius 3 is 1.28 bits per heavy atom. The van der Waals surface area contributed by atoms with Crippen LogP contribution >= 0.6 is 11.3 Å². The van der Waals surface area contributed by atoms with Gasteiger partial charge in [-0.05, 0) is 111 Å². The molecular weight excluding hydrogens is 813 g/mol. The number of benzene rings is 10. The summed E-state index contributed by atoms with van der Waals surface area (Å²) in [5.74, 6) is 0. The Labute approximate surface area is 379 Å². The van der Waals surface area contributed by atoms with Crippen LogP contribution in [0.2, 0.25) is 0 Å². The zero-order valence-electron chi connectivity index (χ0n) is 36.4. The van der Waals surface area contributed by atoms with Crippen molar-refractivity contribution in [3.63, 3.8) is 0 Å². The van der Waals surface area contributed by atoms with Gasteiger partial charge in [0, 0.05) is 74.6 Å². The maximum atomic E-state index is 6.81. The van der Waals surface area contributed by atoms with Gasteiger partial charge < -0.3 is 18.6 Å². The van der Waals surface area contributed by atoms with Crippen LogP contribution in [0.3, 0.4) is 0 Å². The summed E-state index contributed by atoms with van der Waals surface area (Å²) in [4.78, 5) is 4.86. The van der Waals surface area contributed by atoms with Crippen LogP contribution in [0.25, 0.3) is 85.6 Å². The van der Waals surface area contributed by atoms with Crippen molar-refractivity contribution in [2.75, 3.05) is 9.80 Å². The first-order valence-electron chi connectivity index (χ1n) is 22.2. The van der Waals surface area contributed by atoms with Crippen molar-refractivity contribution in [3.8, 4) is 0 Å². The molecule has 0 bridgehead atoms. The third-order valence-corrected chi connectivity index (χ3v) is 14.7. The fourth-order valence-corrected chi connectivity index (χ4v) is 11.7. The number of aryl methyl sites for hydroxylation is 4. The standard InChI is InChI=1S/C60H42N2O2S/c1-35-29-36(2)31-40(30-35)62(52-24-14-22-46-44-18-10-12-26-56(44)64-58(46)52)54-34-50-49-33-53(41-15-5-7-19-47(41)59(49)65-60(50)48-20-8-6-16-42(48)54)61(39-28-27-37(3)38(4)32-39)51-23-13-21-45-43-17-9-11-25-55(43)63-57(45)51/h5-34H,1-4H3. The van der Waals surface area contributed by atoms with E-state index in [1.54, 1.807) is 0 Å². The molecule has 13 rings (SSSR count). The monoisotopic (exact) mass is 854 g/mol. The lowest BCUT2D eigenvalue weighted by Crippen LogP contribution is -2.11. The molecule has 0 amide bonds.